The lowest BCUT2D eigenvalue weighted by atomic mass is 10.1. The maximum Gasteiger partial charge on any atom is 0.166 e. The Morgan fingerprint density at radius 3 is 2.85 bits per heavy atom. The number of nitriles is 1. The van der Waals surface area contributed by atoms with Crippen LogP contribution in [0.5, 0.6) is 5.75 Å². The highest BCUT2D eigenvalue weighted by molar-refractivity contribution is 6.30. The monoisotopic (exact) mass is 366 g/mol. The number of halogens is 1. The van der Waals surface area contributed by atoms with Crippen molar-refractivity contribution < 1.29 is 4.74 Å². The fourth-order valence-corrected chi connectivity index (χ4v) is 3.04. The summed E-state index contributed by atoms with van der Waals surface area (Å²) in [6, 6.07) is 15.8. The summed E-state index contributed by atoms with van der Waals surface area (Å²) in [4.78, 5) is 0. The van der Waals surface area contributed by atoms with Gasteiger partial charge in [0.2, 0.25) is 0 Å². The minimum Gasteiger partial charge on any atom is -0.496 e. The first-order valence-corrected chi connectivity index (χ1v) is 8.57. The van der Waals surface area contributed by atoms with Gasteiger partial charge in [0.05, 0.1) is 12.8 Å². The number of aromatic amines is 1. The van der Waals surface area contributed by atoms with Crippen LogP contribution in [0.2, 0.25) is 5.02 Å². The summed E-state index contributed by atoms with van der Waals surface area (Å²) in [6.45, 7) is 2.54. The van der Waals surface area contributed by atoms with Crippen LogP contribution in [0, 0.1) is 18.3 Å². The van der Waals surface area contributed by atoms with Crippen LogP contribution in [0.1, 0.15) is 27.9 Å². The minimum absolute atomic E-state index is 0.511. The molecule has 0 radical (unpaired) electrons. The van der Waals surface area contributed by atoms with Crippen LogP contribution in [0.15, 0.2) is 42.5 Å². The van der Waals surface area contributed by atoms with E-state index < -0.39 is 0 Å². The molecule has 0 saturated heterocycles. The van der Waals surface area contributed by atoms with Crippen molar-refractivity contribution in [2.24, 2.45) is 0 Å². The first kappa shape index (κ1) is 17.8. The highest BCUT2D eigenvalue weighted by Gasteiger charge is 2.14. The first-order chi connectivity index (χ1) is 12.6. The second-order valence-corrected chi connectivity index (χ2v) is 6.45. The van der Waals surface area contributed by atoms with E-state index in [1.165, 1.54) is 0 Å². The van der Waals surface area contributed by atoms with Crippen LogP contribution in [0.4, 0.5) is 5.82 Å². The Morgan fingerprint density at radius 1 is 1.27 bits per heavy atom. The molecule has 3 aromatic rings. The number of anilines is 1. The van der Waals surface area contributed by atoms with Crippen molar-refractivity contribution in [2.45, 2.75) is 19.9 Å². The lowest BCUT2D eigenvalue weighted by molar-refractivity contribution is 0.410. The molecule has 1 aromatic heterocycles. The van der Waals surface area contributed by atoms with Gasteiger partial charge in [-0.15, -0.1) is 0 Å². The number of methoxy groups -OCH3 is 1. The molecule has 0 saturated carbocycles. The number of ether oxygens (including phenoxy) is 1. The van der Waals surface area contributed by atoms with Gasteiger partial charge >= 0.3 is 0 Å². The maximum absolute atomic E-state index is 9.56. The summed E-state index contributed by atoms with van der Waals surface area (Å²) in [6.07, 6.45) is 0.561. The summed E-state index contributed by atoms with van der Waals surface area (Å²) in [5.41, 5.74) is 4.44. The van der Waals surface area contributed by atoms with Crippen molar-refractivity contribution in [2.75, 3.05) is 12.4 Å². The van der Waals surface area contributed by atoms with Crippen LogP contribution in [-0.2, 0) is 13.0 Å². The number of rotatable bonds is 6. The van der Waals surface area contributed by atoms with Crippen LogP contribution in [0.25, 0.3) is 0 Å². The number of aryl methyl sites for hydroxylation is 1. The molecule has 0 bridgehead atoms. The van der Waals surface area contributed by atoms with Gasteiger partial charge in [-0.3, -0.25) is 5.10 Å². The van der Waals surface area contributed by atoms with Crippen molar-refractivity contribution in [3.63, 3.8) is 0 Å². The predicted molar refractivity (Wildman–Crippen MR) is 103 cm³/mol. The van der Waals surface area contributed by atoms with Crippen LogP contribution in [0.3, 0.4) is 0 Å². The molecule has 5 nitrogen and oxygen atoms in total. The van der Waals surface area contributed by atoms with Gasteiger partial charge in [-0.1, -0.05) is 41.4 Å². The van der Waals surface area contributed by atoms with E-state index in [9.17, 15) is 5.26 Å². The van der Waals surface area contributed by atoms with E-state index in [2.05, 4.69) is 27.6 Å². The van der Waals surface area contributed by atoms with Crippen molar-refractivity contribution in [1.82, 2.24) is 10.2 Å². The van der Waals surface area contributed by atoms with Gasteiger partial charge in [0, 0.05) is 23.6 Å². The van der Waals surface area contributed by atoms with Gasteiger partial charge in [-0.2, -0.15) is 10.4 Å². The number of nitrogens with zero attached hydrogens (tertiary/aromatic N) is 2. The average Bonchev–Trinajstić information content (AvgIpc) is 3.01. The van der Waals surface area contributed by atoms with Crippen molar-refractivity contribution >= 4 is 17.4 Å². The fourth-order valence-electron chi connectivity index (χ4n) is 2.83. The molecule has 0 fully saturated rings. The molecule has 1 heterocycles. The molecule has 0 spiro atoms. The largest absolute Gasteiger partial charge is 0.496 e. The summed E-state index contributed by atoms with van der Waals surface area (Å²) >= 11 is 6.03. The van der Waals surface area contributed by atoms with E-state index in [4.69, 9.17) is 16.3 Å². The Balaban J connectivity index is 1.79. The van der Waals surface area contributed by atoms with E-state index in [-0.39, 0.29) is 0 Å². The molecular formula is C20H19ClN4O. The number of benzene rings is 2. The quantitative estimate of drug-likeness (QED) is 0.675. The minimum atomic E-state index is 0.511. The van der Waals surface area contributed by atoms with Crippen molar-refractivity contribution in [3.8, 4) is 11.8 Å². The third-order valence-corrected chi connectivity index (χ3v) is 4.34. The molecule has 0 atom stereocenters. The molecule has 0 unspecified atom stereocenters. The highest BCUT2D eigenvalue weighted by Crippen LogP contribution is 2.24. The zero-order valence-corrected chi connectivity index (χ0v) is 15.4. The smallest absolute Gasteiger partial charge is 0.166 e. The van der Waals surface area contributed by atoms with E-state index in [0.29, 0.717) is 29.4 Å². The Hall–Kier alpha value is -2.97. The van der Waals surface area contributed by atoms with Crippen LogP contribution < -0.4 is 10.1 Å². The SMILES string of the molecule is COc1ccc(C)cc1CNc1n[nH]c(Cc2cccc(Cl)c2)c1C#N. The Labute approximate surface area is 157 Å². The highest BCUT2D eigenvalue weighted by atomic mass is 35.5. The summed E-state index contributed by atoms with van der Waals surface area (Å²) < 4.78 is 5.40. The molecule has 26 heavy (non-hydrogen) atoms. The molecule has 0 aliphatic rings. The zero-order valence-electron chi connectivity index (χ0n) is 14.6. The second kappa shape index (κ2) is 7.94. The number of nitrogens with one attached hydrogen (secondary N) is 2. The molecule has 2 N–H and O–H groups in total. The molecule has 0 aliphatic heterocycles. The fraction of sp³-hybridized carbons (Fsp3) is 0.200. The summed E-state index contributed by atoms with van der Waals surface area (Å²) in [7, 11) is 1.65. The maximum atomic E-state index is 9.56. The molecule has 0 amide bonds. The number of aromatic nitrogens is 2. The number of hydrogen-bond donors (Lipinski definition) is 2. The number of hydrogen-bond acceptors (Lipinski definition) is 4. The van der Waals surface area contributed by atoms with E-state index in [1.54, 1.807) is 7.11 Å². The molecular weight excluding hydrogens is 348 g/mol. The van der Waals surface area contributed by atoms with Gasteiger partial charge in [0.1, 0.15) is 17.4 Å². The second-order valence-electron chi connectivity index (χ2n) is 6.01. The topological polar surface area (TPSA) is 73.7 Å². The standard InChI is InChI=1S/C20H19ClN4O/c1-13-6-7-19(26-2)15(8-13)12-23-20-17(11-22)18(24-25-20)10-14-4-3-5-16(21)9-14/h3-9H,10,12H2,1-2H3,(H2,23,24,25). The molecule has 132 valence electrons. The third-order valence-electron chi connectivity index (χ3n) is 4.11. The normalized spacial score (nSPS) is 10.4. The third kappa shape index (κ3) is 3.98. The van der Waals surface area contributed by atoms with Crippen molar-refractivity contribution in [1.29, 1.82) is 5.26 Å². The van der Waals surface area contributed by atoms with Crippen molar-refractivity contribution in [3.05, 3.63) is 75.4 Å². The van der Waals surface area contributed by atoms with Gasteiger partial charge in [-0.25, -0.2) is 0 Å². The van der Waals surface area contributed by atoms with Gasteiger partial charge in [-0.05, 0) is 30.7 Å². The van der Waals surface area contributed by atoms with Gasteiger partial charge < -0.3 is 10.1 Å². The molecule has 3 rings (SSSR count). The lowest BCUT2D eigenvalue weighted by Crippen LogP contribution is -2.04. The van der Waals surface area contributed by atoms with E-state index in [0.717, 1.165) is 28.1 Å². The number of H-pyrrole nitrogens is 1. The molecule has 6 heteroatoms. The van der Waals surface area contributed by atoms with Crippen LogP contribution in [-0.4, -0.2) is 17.3 Å². The summed E-state index contributed by atoms with van der Waals surface area (Å²) in [5, 5.41) is 20.7. The zero-order chi connectivity index (χ0) is 18.5. The summed E-state index contributed by atoms with van der Waals surface area (Å²) in [5.74, 6) is 1.34. The molecule has 2 aromatic carbocycles. The first-order valence-electron chi connectivity index (χ1n) is 8.20. The average molecular weight is 367 g/mol. The predicted octanol–water partition coefficient (Wildman–Crippen LogP) is 4.45. The van der Waals surface area contributed by atoms with E-state index >= 15 is 0 Å². The van der Waals surface area contributed by atoms with Gasteiger partial charge in [0.15, 0.2) is 5.82 Å². The Morgan fingerprint density at radius 2 is 2.12 bits per heavy atom. The Bertz CT molecular complexity index is 959. The van der Waals surface area contributed by atoms with Crippen LogP contribution >= 0.6 is 11.6 Å². The van der Waals surface area contributed by atoms with Gasteiger partial charge in [0.25, 0.3) is 0 Å². The van der Waals surface area contributed by atoms with E-state index in [1.807, 2.05) is 43.3 Å². The molecule has 0 aliphatic carbocycles. The Kier molecular flexibility index (Phi) is 5.45. The lowest BCUT2D eigenvalue weighted by Gasteiger charge is -2.10.